The maximum atomic E-state index is 11.4. The van der Waals surface area contributed by atoms with Gasteiger partial charge in [0, 0.05) is 6.54 Å². The number of carbonyl (C=O) groups excluding carboxylic acids is 1. The summed E-state index contributed by atoms with van der Waals surface area (Å²) in [6.45, 7) is 3.81. The average molecular weight is 295 g/mol. The molecule has 8 nitrogen and oxygen atoms in total. The fourth-order valence-electron chi connectivity index (χ4n) is 1.38. The molecule has 9 heteroatoms. The summed E-state index contributed by atoms with van der Waals surface area (Å²) in [5.41, 5.74) is 0. The van der Waals surface area contributed by atoms with Crippen LogP contribution >= 0.6 is 0 Å². The zero-order valence-corrected chi connectivity index (χ0v) is 11.9. The predicted octanol–water partition coefficient (Wildman–Crippen LogP) is -0.536. The number of sulfonamides is 1. The number of carboxylic acids is 1. The zero-order valence-electron chi connectivity index (χ0n) is 11.0. The summed E-state index contributed by atoms with van der Waals surface area (Å²) in [4.78, 5) is 22.3. The molecule has 1 unspecified atom stereocenters. The summed E-state index contributed by atoms with van der Waals surface area (Å²) in [6, 6.07) is -1.60. The highest BCUT2D eigenvalue weighted by Crippen LogP contribution is 2.04. The highest BCUT2D eigenvalue weighted by molar-refractivity contribution is 7.89. The molecule has 1 atom stereocenters. The lowest BCUT2D eigenvalue weighted by Crippen LogP contribution is -2.47. The van der Waals surface area contributed by atoms with Gasteiger partial charge < -0.3 is 15.7 Å². The van der Waals surface area contributed by atoms with Crippen molar-refractivity contribution < 1.29 is 23.1 Å². The second-order valence-corrected chi connectivity index (χ2v) is 6.38. The van der Waals surface area contributed by atoms with Crippen molar-refractivity contribution in [3.05, 3.63) is 0 Å². The van der Waals surface area contributed by atoms with Gasteiger partial charge in [-0.05, 0) is 18.8 Å². The van der Waals surface area contributed by atoms with Crippen LogP contribution in [-0.2, 0) is 14.8 Å². The van der Waals surface area contributed by atoms with E-state index in [9.17, 15) is 18.0 Å². The number of rotatable bonds is 8. The lowest BCUT2D eigenvalue weighted by atomic mass is 10.0. The molecule has 0 heterocycles. The fraction of sp³-hybridized carbons (Fsp3) is 0.800. The van der Waals surface area contributed by atoms with Gasteiger partial charge in [0.2, 0.25) is 10.0 Å². The first-order valence-corrected chi connectivity index (χ1v) is 7.61. The molecule has 112 valence electrons. The minimum atomic E-state index is -3.54. The van der Waals surface area contributed by atoms with Crippen LogP contribution in [0.5, 0.6) is 0 Å². The van der Waals surface area contributed by atoms with E-state index in [-0.39, 0.29) is 24.6 Å². The number of hydrogen-bond acceptors (Lipinski definition) is 4. The molecule has 0 spiro atoms. The van der Waals surface area contributed by atoms with E-state index in [0.717, 1.165) is 0 Å². The maximum absolute atomic E-state index is 11.4. The van der Waals surface area contributed by atoms with Gasteiger partial charge in [-0.1, -0.05) is 13.8 Å². The van der Waals surface area contributed by atoms with Gasteiger partial charge >= 0.3 is 12.0 Å². The van der Waals surface area contributed by atoms with Crippen molar-refractivity contribution in [3.63, 3.8) is 0 Å². The molecule has 0 aliphatic carbocycles. The Morgan fingerprint density at radius 2 is 1.89 bits per heavy atom. The molecule has 19 heavy (non-hydrogen) atoms. The van der Waals surface area contributed by atoms with Crippen molar-refractivity contribution in [1.29, 1.82) is 0 Å². The predicted molar refractivity (Wildman–Crippen MR) is 70.0 cm³/mol. The van der Waals surface area contributed by atoms with Crippen LogP contribution < -0.4 is 15.8 Å². The summed E-state index contributed by atoms with van der Waals surface area (Å²) in [5.74, 6) is -1.21. The minimum absolute atomic E-state index is 0.107. The van der Waals surface area contributed by atoms with Gasteiger partial charge in [-0.2, -0.15) is 0 Å². The van der Waals surface area contributed by atoms with Crippen molar-refractivity contribution >= 4 is 22.0 Å². The van der Waals surface area contributed by atoms with Crippen LogP contribution in [0.15, 0.2) is 0 Å². The summed E-state index contributed by atoms with van der Waals surface area (Å²) in [7, 11) is -3.54. The number of amides is 2. The van der Waals surface area contributed by atoms with Gasteiger partial charge in [-0.25, -0.2) is 23.1 Å². The summed E-state index contributed by atoms with van der Waals surface area (Å²) >= 11 is 0. The third-order valence-corrected chi connectivity index (χ3v) is 3.06. The summed E-state index contributed by atoms with van der Waals surface area (Å²) in [5, 5.41) is 18.4. The Labute approximate surface area is 112 Å². The first-order chi connectivity index (χ1) is 8.61. The third kappa shape index (κ3) is 10.3. The topological polar surface area (TPSA) is 139 Å². The molecular weight excluding hydrogens is 274 g/mol. The van der Waals surface area contributed by atoms with E-state index in [1.165, 1.54) is 0 Å². The fourth-order valence-corrected chi connectivity index (χ4v) is 1.92. The number of nitrogens with two attached hydrogens (primary N) is 1. The van der Waals surface area contributed by atoms with Crippen LogP contribution in [0.3, 0.4) is 0 Å². The summed E-state index contributed by atoms with van der Waals surface area (Å²) in [6.07, 6.45) is 0.494. The van der Waals surface area contributed by atoms with E-state index in [1.807, 2.05) is 13.8 Å². The van der Waals surface area contributed by atoms with Crippen molar-refractivity contribution in [1.82, 2.24) is 10.6 Å². The molecule has 0 aromatic rings. The maximum Gasteiger partial charge on any atom is 0.326 e. The van der Waals surface area contributed by atoms with Crippen LogP contribution in [-0.4, -0.2) is 43.9 Å². The molecule has 0 saturated heterocycles. The molecule has 0 aromatic heterocycles. The SMILES string of the molecule is CC(C)CC(NC(=O)NCCCS(N)(=O)=O)C(=O)O. The van der Waals surface area contributed by atoms with Crippen LogP contribution in [0.2, 0.25) is 0 Å². The van der Waals surface area contributed by atoms with Gasteiger partial charge in [0.25, 0.3) is 0 Å². The Morgan fingerprint density at radius 3 is 2.32 bits per heavy atom. The Bertz CT molecular complexity index is 407. The van der Waals surface area contributed by atoms with Crippen LogP contribution in [0.1, 0.15) is 26.7 Å². The standard InChI is InChI=1S/C10H21N3O5S/c1-7(2)6-8(9(14)15)13-10(16)12-4-3-5-19(11,17)18/h7-8H,3-6H2,1-2H3,(H,14,15)(H2,11,17,18)(H2,12,13,16). The van der Waals surface area contributed by atoms with Crippen LogP contribution in [0.4, 0.5) is 4.79 Å². The van der Waals surface area contributed by atoms with Gasteiger partial charge in [0.05, 0.1) is 5.75 Å². The van der Waals surface area contributed by atoms with Gasteiger partial charge in [0.1, 0.15) is 6.04 Å². The molecular formula is C10H21N3O5S. The molecule has 0 saturated carbocycles. The van der Waals surface area contributed by atoms with Gasteiger partial charge in [-0.3, -0.25) is 0 Å². The van der Waals surface area contributed by atoms with E-state index in [4.69, 9.17) is 10.2 Å². The Hall–Kier alpha value is -1.35. The number of aliphatic carboxylic acids is 1. The second kappa shape index (κ2) is 7.95. The smallest absolute Gasteiger partial charge is 0.326 e. The Morgan fingerprint density at radius 1 is 1.32 bits per heavy atom. The normalized spacial score (nSPS) is 13.1. The molecule has 0 fully saturated rings. The van der Waals surface area contributed by atoms with Crippen molar-refractivity contribution in [2.75, 3.05) is 12.3 Å². The Kier molecular flexibility index (Phi) is 7.38. The molecule has 0 bridgehead atoms. The van der Waals surface area contributed by atoms with Crippen molar-refractivity contribution in [3.8, 4) is 0 Å². The van der Waals surface area contributed by atoms with Crippen LogP contribution in [0, 0.1) is 5.92 Å². The lowest BCUT2D eigenvalue weighted by Gasteiger charge is -2.16. The van der Waals surface area contributed by atoms with Gasteiger partial charge in [0.15, 0.2) is 0 Å². The van der Waals surface area contributed by atoms with Crippen molar-refractivity contribution in [2.45, 2.75) is 32.7 Å². The van der Waals surface area contributed by atoms with Crippen LogP contribution in [0.25, 0.3) is 0 Å². The number of carboxylic acid groups (broad SMARTS) is 1. The number of primary sulfonamides is 1. The van der Waals surface area contributed by atoms with E-state index in [1.54, 1.807) is 0 Å². The van der Waals surface area contributed by atoms with Crippen molar-refractivity contribution in [2.24, 2.45) is 11.1 Å². The number of nitrogens with one attached hydrogen (secondary N) is 2. The highest BCUT2D eigenvalue weighted by atomic mass is 32.2. The second-order valence-electron chi connectivity index (χ2n) is 4.64. The monoisotopic (exact) mass is 295 g/mol. The van der Waals surface area contributed by atoms with Gasteiger partial charge in [-0.15, -0.1) is 0 Å². The largest absolute Gasteiger partial charge is 0.480 e. The molecule has 2 amide bonds. The van der Waals surface area contributed by atoms with E-state index < -0.39 is 28.1 Å². The third-order valence-electron chi connectivity index (χ3n) is 2.20. The van der Waals surface area contributed by atoms with E-state index in [2.05, 4.69) is 10.6 Å². The Balaban J connectivity index is 4.04. The minimum Gasteiger partial charge on any atom is -0.480 e. The van der Waals surface area contributed by atoms with E-state index in [0.29, 0.717) is 6.42 Å². The molecule has 0 rings (SSSR count). The highest BCUT2D eigenvalue weighted by Gasteiger charge is 2.20. The average Bonchev–Trinajstić information content (AvgIpc) is 2.21. The quantitative estimate of drug-likeness (QED) is 0.445. The lowest BCUT2D eigenvalue weighted by molar-refractivity contribution is -0.139. The van der Waals surface area contributed by atoms with E-state index >= 15 is 0 Å². The number of urea groups is 1. The summed E-state index contributed by atoms with van der Waals surface area (Å²) < 4.78 is 21.3. The first kappa shape index (κ1) is 17.6. The molecule has 0 aromatic carbocycles. The number of hydrogen-bond donors (Lipinski definition) is 4. The molecule has 0 aliphatic rings. The number of carbonyl (C=O) groups is 2. The molecule has 0 aliphatic heterocycles. The molecule has 0 radical (unpaired) electrons. The molecule has 5 N–H and O–H groups in total. The zero-order chi connectivity index (χ0) is 15.1. The first-order valence-electron chi connectivity index (χ1n) is 5.89.